The minimum Gasteiger partial charge on any atom is -0.321 e. The van der Waals surface area contributed by atoms with Crippen molar-refractivity contribution < 1.29 is 13.6 Å². The quantitative estimate of drug-likeness (QED) is 0.657. The van der Waals surface area contributed by atoms with Crippen molar-refractivity contribution >= 4 is 39.1 Å². The van der Waals surface area contributed by atoms with Crippen LogP contribution in [0, 0.1) is 11.6 Å². The Morgan fingerprint density at radius 3 is 2.27 bits per heavy atom. The SMILES string of the molecule is C=C(Cl)C(=O)Nc1cc(F)c(Br)c(F)c1. The highest BCUT2D eigenvalue weighted by molar-refractivity contribution is 9.10. The third kappa shape index (κ3) is 3.00. The predicted octanol–water partition coefficient (Wildman–Crippen LogP) is 3.42. The summed E-state index contributed by atoms with van der Waals surface area (Å²) in [7, 11) is 0. The van der Waals surface area contributed by atoms with Crippen molar-refractivity contribution in [3.05, 3.63) is 39.9 Å². The molecule has 6 heteroatoms. The van der Waals surface area contributed by atoms with Crippen molar-refractivity contribution in [3.8, 4) is 0 Å². The molecule has 0 bridgehead atoms. The van der Waals surface area contributed by atoms with Crippen molar-refractivity contribution in [3.63, 3.8) is 0 Å². The number of rotatable bonds is 2. The second-order valence-corrected chi connectivity index (χ2v) is 3.86. The zero-order valence-corrected chi connectivity index (χ0v) is 9.62. The molecule has 80 valence electrons. The zero-order valence-electron chi connectivity index (χ0n) is 7.28. The van der Waals surface area contributed by atoms with Gasteiger partial charge in [0.15, 0.2) is 0 Å². The molecule has 1 N–H and O–H groups in total. The summed E-state index contributed by atoms with van der Waals surface area (Å²) < 4.78 is 25.7. The van der Waals surface area contributed by atoms with Crippen LogP contribution in [0.15, 0.2) is 28.2 Å². The molecular formula is C9H5BrClF2NO. The van der Waals surface area contributed by atoms with Gasteiger partial charge in [-0.2, -0.15) is 0 Å². The minimum atomic E-state index is -0.814. The number of nitrogens with one attached hydrogen (secondary N) is 1. The van der Waals surface area contributed by atoms with E-state index in [1.54, 1.807) is 0 Å². The van der Waals surface area contributed by atoms with Crippen LogP contribution in [0.5, 0.6) is 0 Å². The summed E-state index contributed by atoms with van der Waals surface area (Å²) in [6.45, 7) is 3.17. The fourth-order valence-corrected chi connectivity index (χ4v) is 1.10. The van der Waals surface area contributed by atoms with E-state index in [-0.39, 0.29) is 15.2 Å². The fraction of sp³-hybridized carbons (Fsp3) is 0. The molecule has 0 aliphatic rings. The molecule has 0 fully saturated rings. The largest absolute Gasteiger partial charge is 0.321 e. The molecule has 1 aromatic rings. The molecule has 0 unspecified atom stereocenters. The third-order valence-electron chi connectivity index (χ3n) is 1.49. The van der Waals surface area contributed by atoms with Crippen LogP contribution in [0.4, 0.5) is 14.5 Å². The average Bonchev–Trinajstić information content (AvgIpc) is 2.13. The van der Waals surface area contributed by atoms with Crippen molar-refractivity contribution in [2.24, 2.45) is 0 Å². The van der Waals surface area contributed by atoms with E-state index in [2.05, 4.69) is 27.8 Å². The van der Waals surface area contributed by atoms with Gasteiger partial charge in [0, 0.05) is 5.69 Å². The molecule has 2 nitrogen and oxygen atoms in total. The lowest BCUT2D eigenvalue weighted by Crippen LogP contribution is -2.11. The van der Waals surface area contributed by atoms with Crippen molar-refractivity contribution in [1.82, 2.24) is 0 Å². The molecule has 0 spiro atoms. The standard InChI is InChI=1S/C9H5BrClF2NO/c1-4(11)9(15)14-5-2-6(12)8(10)7(13)3-5/h2-3H,1H2,(H,14,15). The maximum Gasteiger partial charge on any atom is 0.266 e. The number of anilines is 1. The normalized spacial score (nSPS) is 9.87. The van der Waals surface area contributed by atoms with E-state index in [9.17, 15) is 13.6 Å². The first-order valence-corrected chi connectivity index (χ1v) is 4.89. The van der Waals surface area contributed by atoms with Crippen molar-refractivity contribution in [1.29, 1.82) is 0 Å². The second-order valence-electron chi connectivity index (χ2n) is 2.61. The van der Waals surface area contributed by atoms with Crippen molar-refractivity contribution in [2.75, 3.05) is 5.32 Å². The summed E-state index contributed by atoms with van der Waals surface area (Å²) >= 11 is 7.99. The molecule has 0 aliphatic heterocycles. The van der Waals surface area contributed by atoms with Crippen LogP contribution in [0.25, 0.3) is 0 Å². The highest BCUT2D eigenvalue weighted by atomic mass is 79.9. The van der Waals surface area contributed by atoms with Crippen LogP contribution in [0.1, 0.15) is 0 Å². The summed E-state index contributed by atoms with van der Waals surface area (Å²) in [6.07, 6.45) is 0. The molecule has 0 saturated heterocycles. The molecule has 0 heterocycles. The van der Waals surface area contributed by atoms with E-state index in [1.807, 2.05) is 0 Å². The topological polar surface area (TPSA) is 29.1 Å². The number of halogens is 4. The highest BCUT2D eigenvalue weighted by Gasteiger charge is 2.10. The molecule has 0 atom stereocenters. The van der Waals surface area contributed by atoms with Crippen molar-refractivity contribution in [2.45, 2.75) is 0 Å². The summed E-state index contributed by atoms with van der Waals surface area (Å²) in [5, 5.41) is 1.91. The van der Waals surface area contributed by atoms with Gasteiger partial charge in [-0.15, -0.1) is 0 Å². The molecule has 15 heavy (non-hydrogen) atoms. The Hall–Kier alpha value is -0.940. The Balaban J connectivity index is 2.98. The van der Waals surface area contributed by atoms with Crippen LogP contribution in [-0.4, -0.2) is 5.91 Å². The lowest BCUT2D eigenvalue weighted by atomic mass is 10.3. The van der Waals surface area contributed by atoms with Gasteiger partial charge >= 0.3 is 0 Å². The van der Waals surface area contributed by atoms with Crippen LogP contribution >= 0.6 is 27.5 Å². The first-order valence-electron chi connectivity index (χ1n) is 3.72. The maximum atomic E-state index is 13.0. The van der Waals surface area contributed by atoms with Gasteiger partial charge in [0.2, 0.25) is 0 Å². The highest BCUT2D eigenvalue weighted by Crippen LogP contribution is 2.23. The number of carbonyl (C=O) groups excluding carboxylic acids is 1. The summed E-state index contributed by atoms with van der Waals surface area (Å²) in [5.74, 6) is -2.34. The van der Waals surface area contributed by atoms with Crippen LogP contribution in [0.3, 0.4) is 0 Å². The second kappa shape index (κ2) is 4.72. The van der Waals surface area contributed by atoms with Gasteiger partial charge in [-0.25, -0.2) is 8.78 Å². The number of hydrogen-bond donors (Lipinski definition) is 1. The molecule has 1 amide bonds. The fourth-order valence-electron chi connectivity index (χ4n) is 0.827. The Labute approximate surface area is 98.0 Å². The van der Waals surface area contributed by atoms with Crippen LogP contribution in [-0.2, 0) is 4.79 Å². The predicted molar refractivity (Wildman–Crippen MR) is 57.7 cm³/mol. The van der Waals surface area contributed by atoms with Gasteiger partial charge in [-0.1, -0.05) is 18.2 Å². The maximum absolute atomic E-state index is 13.0. The van der Waals surface area contributed by atoms with Gasteiger partial charge in [0.1, 0.15) is 11.6 Å². The lowest BCUT2D eigenvalue weighted by Gasteiger charge is -2.05. The molecule has 1 aromatic carbocycles. The molecule has 0 saturated carbocycles. The number of carbonyl (C=O) groups is 1. The van der Waals surface area contributed by atoms with Gasteiger partial charge in [-0.3, -0.25) is 4.79 Å². The first-order chi connectivity index (χ1) is 6.91. The molecule has 0 radical (unpaired) electrons. The number of amides is 1. The zero-order chi connectivity index (χ0) is 11.6. The van der Waals surface area contributed by atoms with E-state index < -0.39 is 17.5 Å². The molecule has 0 aromatic heterocycles. The van der Waals surface area contributed by atoms with Gasteiger partial charge in [0.25, 0.3) is 5.91 Å². The van der Waals surface area contributed by atoms with E-state index in [1.165, 1.54) is 0 Å². The molecule has 1 rings (SSSR count). The Morgan fingerprint density at radius 1 is 1.40 bits per heavy atom. The summed E-state index contributed by atoms with van der Waals surface area (Å²) in [4.78, 5) is 11.0. The summed E-state index contributed by atoms with van der Waals surface area (Å²) in [5.41, 5.74) is -0.0278. The Bertz CT molecular complexity index is 413. The molecular weight excluding hydrogens is 291 g/mol. The monoisotopic (exact) mass is 295 g/mol. The average molecular weight is 296 g/mol. The van der Waals surface area contributed by atoms with Gasteiger partial charge in [-0.05, 0) is 28.1 Å². The lowest BCUT2D eigenvalue weighted by molar-refractivity contribution is -0.112. The van der Waals surface area contributed by atoms with E-state index in [0.29, 0.717) is 0 Å². The van der Waals surface area contributed by atoms with Gasteiger partial charge in [0.05, 0.1) is 9.51 Å². The third-order valence-corrected chi connectivity index (χ3v) is 2.42. The number of benzene rings is 1. The first kappa shape index (κ1) is 12.1. The Morgan fingerprint density at radius 2 is 1.87 bits per heavy atom. The Kier molecular flexibility index (Phi) is 3.82. The number of hydrogen-bond acceptors (Lipinski definition) is 1. The van der Waals surface area contributed by atoms with E-state index in [4.69, 9.17) is 11.6 Å². The minimum absolute atomic E-state index is 0.0278. The summed E-state index contributed by atoms with van der Waals surface area (Å²) in [6, 6.07) is 1.93. The van der Waals surface area contributed by atoms with Crippen LogP contribution in [0.2, 0.25) is 0 Å². The van der Waals surface area contributed by atoms with E-state index in [0.717, 1.165) is 12.1 Å². The smallest absolute Gasteiger partial charge is 0.266 e. The van der Waals surface area contributed by atoms with Crippen LogP contribution < -0.4 is 5.32 Å². The van der Waals surface area contributed by atoms with Gasteiger partial charge < -0.3 is 5.32 Å². The van der Waals surface area contributed by atoms with E-state index >= 15 is 0 Å². The molecule has 0 aliphatic carbocycles.